The molecule has 0 aliphatic rings. The molecule has 0 radical (unpaired) electrons. The Hall–Kier alpha value is -1.15. The zero-order valence-electron chi connectivity index (χ0n) is 11.7. The Balaban J connectivity index is 2.25. The molecule has 0 aliphatic carbocycles. The molecule has 110 valence electrons. The minimum absolute atomic E-state index is 0.238. The molecule has 0 spiro atoms. The zero-order valence-corrected chi connectivity index (χ0v) is 13.3. The molecule has 1 N–H and O–H groups in total. The van der Waals surface area contributed by atoms with Gasteiger partial charge in [-0.2, -0.15) is 4.31 Å². The Labute approximate surface area is 123 Å². The lowest BCUT2D eigenvalue weighted by Crippen LogP contribution is -2.26. The Bertz CT molecular complexity index is 660. The maximum Gasteiger partial charge on any atom is 0.246 e. The third-order valence-corrected chi connectivity index (χ3v) is 5.69. The second-order valence-electron chi connectivity index (χ2n) is 4.50. The van der Waals surface area contributed by atoms with E-state index in [1.54, 1.807) is 38.4 Å². The van der Waals surface area contributed by atoms with E-state index in [2.05, 4.69) is 5.32 Å². The van der Waals surface area contributed by atoms with Gasteiger partial charge in [-0.05, 0) is 25.4 Å². The van der Waals surface area contributed by atoms with E-state index in [-0.39, 0.29) is 4.90 Å². The molecule has 2 heterocycles. The van der Waals surface area contributed by atoms with Crippen molar-refractivity contribution < 1.29 is 12.8 Å². The monoisotopic (exact) mass is 314 g/mol. The van der Waals surface area contributed by atoms with E-state index >= 15 is 0 Å². The van der Waals surface area contributed by atoms with Crippen LogP contribution in [0.1, 0.15) is 16.4 Å². The third-order valence-electron chi connectivity index (χ3n) is 2.92. The van der Waals surface area contributed by atoms with Crippen molar-refractivity contribution in [2.45, 2.75) is 24.9 Å². The first kappa shape index (κ1) is 15.2. The molecule has 0 saturated heterocycles. The van der Waals surface area contributed by atoms with E-state index in [1.165, 1.54) is 4.31 Å². The van der Waals surface area contributed by atoms with Gasteiger partial charge in [-0.1, -0.05) is 6.07 Å². The van der Waals surface area contributed by atoms with Crippen molar-refractivity contribution in [3.05, 3.63) is 40.0 Å². The summed E-state index contributed by atoms with van der Waals surface area (Å²) in [6.45, 7) is 2.54. The summed E-state index contributed by atoms with van der Waals surface area (Å²) in [5.74, 6) is 1.04. The third kappa shape index (κ3) is 3.12. The summed E-state index contributed by atoms with van der Waals surface area (Å²) in [6, 6.07) is 5.42. The topological polar surface area (TPSA) is 62.6 Å². The second-order valence-corrected chi connectivity index (χ2v) is 7.55. The van der Waals surface area contributed by atoms with Gasteiger partial charge in [-0.15, -0.1) is 11.3 Å². The first-order chi connectivity index (χ1) is 9.45. The number of rotatable bonds is 6. The molecule has 0 saturated carbocycles. The van der Waals surface area contributed by atoms with Gasteiger partial charge >= 0.3 is 0 Å². The molecule has 20 heavy (non-hydrogen) atoms. The van der Waals surface area contributed by atoms with E-state index < -0.39 is 10.0 Å². The molecule has 2 aromatic rings. The summed E-state index contributed by atoms with van der Waals surface area (Å²) in [7, 11) is -0.156. The predicted molar refractivity (Wildman–Crippen MR) is 79.2 cm³/mol. The van der Waals surface area contributed by atoms with Crippen molar-refractivity contribution in [1.82, 2.24) is 9.62 Å². The van der Waals surface area contributed by atoms with Gasteiger partial charge in [0.2, 0.25) is 10.0 Å². The van der Waals surface area contributed by atoms with Crippen LogP contribution < -0.4 is 5.32 Å². The molecule has 0 amide bonds. The zero-order chi connectivity index (χ0) is 14.8. The molecule has 7 heteroatoms. The van der Waals surface area contributed by atoms with Crippen molar-refractivity contribution >= 4 is 21.4 Å². The van der Waals surface area contributed by atoms with Gasteiger partial charge in [-0.25, -0.2) is 8.42 Å². The SMILES string of the molecule is CNCc1cc(S(=O)(=O)N(C)Cc2cccs2)c(C)o1. The van der Waals surface area contributed by atoms with E-state index in [0.717, 1.165) is 4.88 Å². The number of thiophene rings is 1. The van der Waals surface area contributed by atoms with Crippen LogP contribution in [0.15, 0.2) is 32.9 Å². The van der Waals surface area contributed by atoms with Crippen LogP contribution in [0.4, 0.5) is 0 Å². The number of nitrogens with one attached hydrogen (secondary N) is 1. The summed E-state index contributed by atoms with van der Waals surface area (Å²) in [4.78, 5) is 1.24. The smallest absolute Gasteiger partial charge is 0.246 e. The quantitative estimate of drug-likeness (QED) is 0.888. The maximum atomic E-state index is 12.5. The highest BCUT2D eigenvalue weighted by molar-refractivity contribution is 7.89. The molecule has 0 aliphatic heterocycles. The fraction of sp³-hybridized carbons (Fsp3) is 0.385. The Morgan fingerprint density at radius 1 is 1.45 bits per heavy atom. The molecule has 5 nitrogen and oxygen atoms in total. The lowest BCUT2D eigenvalue weighted by atomic mass is 10.4. The lowest BCUT2D eigenvalue weighted by Gasteiger charge is -2.15. The first-order valence-corrected chi connectivity index (χ1v) is 8.49. The van der Waals surface area contributed by atoms with Gasteiger partial charge < -0.3 is 9.73 Å². The predicted octanol–water partition coefficient (Wildman–Crippen LogP) is 2.19. The van der Waals surface area contributed by atoms with E-state index in [4.69, 9.17) is 4.42 Å². The first-order valence-electron chi connectivity index (χ1n) is 6.17. The summed E-state index contributed by atoms with van der Waals surface area (Å²) in [5, 5.41) is 4.88. The van der Waals surface area contributed by atoms with Crippen LogP contribution in [0.5, 0.6) is 0 Å². The highest BCUT2D eigenvalue weighted by Gasteiger charge is 2.26. The molecule has 0 atom stereocenters. The number of furan rings is 1. The van der Waals surface area contributed by atoms with Gasteiger partial charge in [-0.3, -0.25) is 0 Å². The van der Waals surface area contributed by atoms with Crippen molar-refractivity contribution in [2.24, 2.45) is 0 Å². The normalized spacial score (nSPS) is 12.2. The van der Waals surface area contributed by atoms with Gasteiger partial charge in [0.25, 0.3) is 0 Å². The van der Waals surface area contributed by atoms with Gasteiger partial charge in [0.15, 0.2) is 0 Å². The molecule has 0 fully saturated rings. The van der Waals surface area contributed by atoms with Crippen LogP contribution in [0.25, 0.3) is 0 Å². The van der Waals surface area contributed by atoms with Crippen LogP contribution >= 0.6 is 11.3 Å². The lowest BCUT2D eigenvalue weighted by molar-refractivity contribution is 0.453. The van der Waals surface area contributed by atoms with Gasteiger partial charge in [0.1, 0.15) is 16.4 Å². The fourth-order valence-electron chi connectivity index (χ4n) is 1.92. The molecular formula is C13H18N2O3S2. The van der Waals surface area contributed by atoms with Crippen LogP contribution in [-0.4, -0.2) is 26.8 Å². The van der Waals surface area contributed by atoms with Crippen molar-refractivity contribution in [3.63, 3.8) is 0 Å². The highest BCUT2D eigenvalue weighted by Crippen LogP contribution is 2.24. The standard InChI is InChI=1S/C13H18N2O3S2/c1-10-13(7-11(18-10)8-14-2)20(16,17)15(3)9-12-5-4-6-19-12/h4-7,14H,8-9H2,1-3H3. The molecule has 2 aromatic heterocycles. The van der Waals surface area contributed by atoms with Gasteiger partial charge in [0, 0.05) is 24.5 Å². The molecule has 0 bridgehead atoms. The van der Waals surface area contributed by atoms with Crippen molar-refractivity contribution in [3.8, 4) is 0 Å². The Morgan fingerprint density at radius 2 is 2.20 bits per heavy atom. The van der Waals surface area contributed by atoms with Gasteiger partial charge in [0.05, 0.1) is 6.54 Å². The van der Waals surface area contributed by atoms with E-state index in [1.807, 2.05) is 17.5 Å². The molecular weight excluding hydrogens is 296 g/mol. The van der Waals surface area contributed by atoms with Crippen LogP contribution in [0.3, 0.4) is 0 Å². The van der Waals surface area contributed by atoms with Crippen LogP contribution in [0, 0.1) is 6.92 Å². The number of sulfonamides is 1. The van der Waals surface area contributed by atoms with Crippen LogP contribution in [-0.2, 0) is 23.1 Å². The summed E-state index contributed by atoms with van der Waals surface area (Å²) in [6.07, 6.45) is 0. The minimum Gasteiger partial charge on any atom is -0.464 e. The van der Waals surface area contributed by atoms with Crippen molar-refractivity contribution in [1.29, 1.82) is 0 Å². The van der Waals surface area contributed by atoms with Crippen LogP contribution in [0.2, 0.25) is 0 Å². The number of hydrogen-bond donors (Lipinski definition) is 1. The number of hydrogen-bond acceptors (Lipinski definition) is 5. The Morgan fingerprint density at radius 3 is 2.80 bits per heavy atom. The highest BCUT2D eigenvalue weighted by atomic mass is 32.2. The maximum absolute atomic E-state index is 12.5. The summed E-state index contributed by atoms with van der Waals surface area (Å²) in [5.41, 5.74) is 0. The minimum atomic E-state index is -3.52. The van der Waals surface area contributed by atoms with Crippen molar-refractivity contribution in [2.75, 3.05) is 14.1 Å². The summed E-state index contributed by atoms with van der Waals surface area (Å²) >= 11 is 1.54. The summed E-state index contributed by atoms with van der Waals surface area (Å²) < 4.78 is 31.9. The van der Waals surface area contributed by atoms with E-state index in [9.17, 15) is 8.42 Å². The average Bonchev–Trinajstić information content (AvgIpc) is 2.99. The largest absolute Gasteiger partial charge is 0.464 e. The second kappa shape index (κ2) is 6.09. The fourth-order valence-corrected chi connectivity index (χ4v) is 4.09. The molecule has 0 unspecified atom stereocenters. The van der Waals surface area contributed by atoms with E-state index in [0.29, 0.717) is 24.6 Å². The number of nitrogens with zero attached hydrogens (tertiary/aromatic N) is 1. The molecule has 2 rings (SSSR count). The molecule has 0 aromatic carbocycles. The Kier molecular flexibility index (Phi) is 4.64. The average molecular weight is 314 g/mol. The number of aryl methyl sites for hydroxylation is 1.